The molecule has 0 aliphatic heterocycles. The third-order valence-corrected chi connectivity index (χ3v) is 2.98. The first kappa shape index (κ1) is 12.3. The summed E-state index contributed by atoms with van der Waals surface area (Å²) in [5.74, 6) is -0.210. The first-order chi connectivity index (χ1) is 9.83. The zero-order chi connectivity index (χ0) is 13.8. The number of aromatic amines is 1. The van der Waals surface area contributed by atoms with Gasteiger partial charge in [-0.1, -0.05) is 48.5 Å². The Morgan fingerprint density at radius 2 is 1.75 bits per heavy atom. The Kier molecular flexibility index (Phi) is 3.37. The molecule has 98 valence electrons. The van der Waals surface area contributed by atoms with Crippen LogP contribution in [0, 0.1) is 5.82 Å². The molecule has 1 N–H and O–H groups in total. The van der Waals surface area contributed by atoms with Crippen molar-refractivity contribution in [3.05, 3.63) is 71.8 Å². The van der Waals surface area contributed by atoms with Gasteiger partial charge in [0.25, 0.3) is 0 Å². The minimum absolute atomic E-state index is 0.210. The van der Waals surface area contributed by atoms with Crippen molar-refractivity contribution in [2.45, 2.75) is 0 Å². The van der Waals surface area contributed by atoms with Crippen LogP contribution in [0.2, 0.25) is 0 Å². The van der Waals surface area contributed by atoms with Gasteiger partial charge in [0, 0.05) is 5.56 Å². The molecule has 0 spiro atoms. The van der Waals surface area contributed by atoms with Crippen LogP contribution >= 0.6 is 0 Å². The molecule has 0 fully saturated rings. The normalized spacial score (nSPS) is 11.1. The number of halogens is 1. The van der Waals surface area contributed by atoms with Gasteiger partial charge in [0.05, 0.1) is 6.20 Å². The second kappa shape index (κ2) is 5.48. The summed E-state index contributed by atoms with van der Waals surface area (Å²) in [5.41, 5.74) is 3.26. The Morgan fingerprint density at radius 1 is 0.950 bits per heavy atom. The largest absolute Gasteiger partial charge is 0.206 e. The highest BCUT2D eigenvalue weighted by Gasteiger charge is 2.02. The third-order valence-electron chi connectivity index (χ3n) is 2.98. The molecule has 3 aromatic rings. The highest BCUT2D eigenvalue weighted by molar-refractivity contribution is 5.71. The predicted molar refractivity (Wildman–Crippen MR) is 77.1 cm³/mol. The van der Waals surface area contributed by atoms with Crippen molar-refractivity contribution < 1.29 is 4.39 Å². The zero-order valence-corrected chi connectivity index (χ0v) is 10.6. The minimum atomic E-state index is -0.210. The van der Waals surface area contributed by atoms with Gasteiger partial charge in [0.15, 0.2) is 0 Å². The molecule has 3 nitrogen and oxygen atoms in total. The Labute approximate surface area is 115 Å². The lowest BCUT2D eigenvalue weighted by Crippen LogP contribution is -1.83. The van der Waals surface area contributed by atoms with Gasteiger partial charge in [0.2, 0.25) is 0 Å². The number of rotatable bonds is 3. The van der Waals surface area contributed by atoms with Gasteiger partial charge in [-0.05, 0) is 23.3 Å². The first-order valence-corrected chi connectivity index (χ1v) is 6.22. The smallest absolute Gasteiger partial charge is 0.131 e. The summed E-state index contributed by atoms with van der Waals surface area (Å²) in [4.78, 5) is 0. The maximum Gasteiger partial charge on any atom is 0.131 e. The topological polar surface area (TPSA) is 41.6 Å². The van der Waals surface area contributed by atoms with Crippen LogP contribution in [0.1, 0.15) is 11.3 Å². The fourth-order valence-electron chi connectivity index (χ4n) is 1.94. The van der Waals surface area contributed by atoms with E-state index in [1.807, 2.05) is 42.5 Å². The van der Waals surface area contributed by atoms with E-state index in [4.69, 9.17) is 0 Å². The fraction of sp³-hybridized carbons (Fsp3) is 0. The SMILES string of the molecule is Fc1ccccc1-c1ccc(C=Cc2cn[nH]n2)cc1. The van der Waals surface area contributed by atoms with Crippen molar-refractivity contribution in [1.82, 2.24) is 15.4 Å². The van der Waals surface area contributed by atoms with Crippen LogP contribution in [0.5, 0.6) is 0 Å². The van der Waals surface area contributed by atoms with Crippen molar-refractivity contribution in [2.75, 3.05) is 0 Å². The number of hydrogen-bond acceptors (Lipinski definition) is 2. The molecule has 0 bridgehead atoms. The minimum Gasteiger partial charge on any atom is -0.206 e. The van der Waals surface area contributed by atoms with Gasteiger partial charge < -0.3 is 0 Å². The standard InChI is InChI=1S/C16H12FN3/c17-16-4-2-1-3-15(16)13-8-5-12(6-9-13)7-10-14-11-18-20-19-14/h1-11H,(H,18,19,20). The third kappa shape index (κ3) is 2.64. The first-order valence-electron chi connectivity index (χ1n) is 6.22. The molecule has 0 radical (unpaired) electrons. The van der Waals surface area contributed by atoms with Gasteiger partial charge in [-0.2, -0.15) is 15.4 Å². The van der Waals surface area contributed by atoms with Crippen molar-refractivity contribution in [3.8, 4) is 11.1 Å². The average molecular weight is 265 g/mol. The van der Waals surface area contributed by atoms with Gasteiger partial charge in [0.1, 0.15) is 11.5 Å². The molecular formula is C16H12FN3. The fourth-order valence-corrected chi connectivity index (χ4v) is 1.94. The summed E-state index contributed by atoms with van der Waals surface area (Å²) in [6.07, 6.45) is 5.44. The number of aromatic nitrogens is 3. The van der Waals surface area contributed by atoms with Crippen LogP contribution in [-0.2, 0) is 0 Å². The molecule has 20 heavy (non-hydrogen) atoms. The highest BCUT2D eigenvalue weighted by atomic mass is 19.1. The Balaban J connectivity index is 1.83. The van der Waals surface area contributed by atoms with Crippen LogP contribution in [0.3, 0.4) is 0 Å². The van der Waals surface area contributed by atoms with Crippen LogP contribution in [-0.4, -0.2) is 15.4 Å². The van der Waals surface area contributed by atoms with Crippen molar-refractivity contribution in [3.63, 3.8) is 0 Å². The molecule has 0 unspecified atom stereocenters. The lowest BCUT2D eigenvalue weighted by molar-refractivity contribution is 0.631. The van der Waals surface area contributed by atoms with Gasteiger partial charge in [-0.25, -0.2) is 4.39 Å². The van der Waals surface area contributed by atoms with E-state index in [1.165, 1.54) is 6.07 Å². The molecule has 2 aromatic carbocycles. The Bertz CT molecular complexity index is 716. The Hall–Kier alpha value is -2.75. The molecule has 1 aromatic heterocycles. The number of nitrogens with one attached hydrogen (secondary N) is 1. The van der Waals surface area contributed by atoms with E-state index < -0.39 is 0 Å². The average Bonchev–Trinajstić information content (AvgIpc) is 3.00. The van der Waals surface area contributed by atoms with Crippen LogP contribution < -0.4 is 0 Å². The van der Waals surface area contributed by atoms with E-state index in [9.17, 15) is 4.39 Å². The molecule has 0 atom stereocenters. The monoisotopic (exact) mass is 265 g/mol. The summed E-state index contributed by atoms with van der Waals surface area (Å²) in [6.45, 7) is 0. The second-order valence-corrected chi connectivity index (χ2v) is 4.33. The van der Waals surface area contributed by atoms with Crippen LogP contribution in [0.25, 0.3) is 23.3 Å². The summed E-state index contributed by atoms with van der Waals surface area (Å²) in [6, 6.07) is 14.5. The van der Waals surface area contributed by atoms with E-state index in [1.54, 1.807) is 18.3 Å². The summed E-state index contributed by atoms with van der Waals surface area (Å²) >= 11 is 0. The number of nitrogens with zero attached hydrogens (tertiary/aromatic N) is 2. The van der Waals surface area contributed by atoms with E-state index in [-0.39, 0.29) is 5.82 Å². The summed E-state index contributed by atoms with van der Waals surface area (Å²) in [5, 5.41) is 10.2. The number of hydrogen-bond donors (Lipinski definition) is 1. The lowest BCUT2D eigenvalue weighted by atomic mass is 10.0. The molecule has 0 aliphatic carbocycles. The van der Waals surface area contributed by atoms with Crippen molar-refractivity contribution in [2.24, 2.45) is 0 Å². The van der Waals surface area contributed by atoms with Crippen molar-refractivity contribution >= 4 is 12.2 Å². The summed E-state index contributed by atoms with van der Waals surface area (Å²) < 4.78 is 13.7. The molecule has 0 saturated heterocycles. The molecule has 0 aliphatic rings. The molecule has 1 heterocycles. The van der Waals surface area contributed by atoms with E-state index in [0.717, 1.165) is 16.8 Å². The van der Waals surface area contributed by atoms with Gasteiger partial charge in [-0.3, -0.25) is 0 Å². The molecule has 0 saturated carbocycles. The molecule has 3 rings (SSSR count). The second-order valence-electron chi connectivity index (χ2n) is 4.33. The highest BCUT2D eigenvalue weighted by Crippen LogP contribution is 2.23. The molecular weight excluding hydrogens is 253 g/mol. The van der Waals surface area contributed by atoms with Crippen molar-refractivity contribution in [1.29, 1.82) is 0 Å². The van der Waals surface area contributed by atoms with Crippen LogP contribution in [0.15, 0.2) is 54.7 Å². The number of benzene rings is 2. The van der Waals surface area contributed by atoms with E-state index >= 15 is 0 Å². The quantitative estimate of drug-likeness (QED) is 0.783. The molecule has 0 amide bonds. The zero-order valence-electron chi connectivity index (χ0n) is 10.6. The summed E-state index contributed by atoms with van der Waals surface area (Å²) in [7, 11) is 0. The maximum absolute atomic E-state index is 13.7. The molecule has 4 heteroatoms. The van der Waals surface area contributed by atoms with Crippen LogP contribution in [0.4, 0.5) is 4.39 Å². The van der Waals surface area contributed by atoms with E-state index in [0.29, 0.717) is 5.56 Å². The van der Waals surface area contributed by atoms with Gasteiger partial charge >= 0.3 is 0 Å². The Morgan fingerprint density at radius 3 is 2.45 bits per heavy atom. The maximum atomic E-state index is 13.7. The predicted octanol–water partition coefficient (Wildman–Crippen LogP) is 3.78. The lowest BCUT2D eigenvalue weighted by Gasteiger charge is -2.03. The van der Waals surface area contributed by atoms with E-state index in [2.05, 4.69) is 15.4 Å². The number of H-pyrrole nitrogens is 1. The van der Waals surface area contributed by atoms with Gasteiger partial charge in [-0.15, -0.1) is 0 Å².